The summed E-state index contributed by atoms with van der Waals surface area (Å²) in [5.41, 5.74) is 7.25. The Hall–Kier alpha value is -1.06. The Balaban J connectivity index is 2.54. The fraction of sp³-hybridized carbons (Fsp3) is 0.571. The fourth-order valence-corrected chi connectivity index (χ4v) is 1.63. The van der Waals surface area contributed by atoms with Crippen LogP contribution >= 0.6 is 0 Å². The molecule has 3 nitrogen and oxygen atoms in total. The molecule has 0 amide bonds. The maximum Gasteiger partial charge on any atom is 0.0758 e. The molecule has 0 radical (unpaired) electrons. The molecule has 1 aromatic rings. The van der Waals surface area contributed by atoms with E-state index >= 15 is 0 Å². The molecule has 0 aromatic heterocycles. The molecule has 0 saturated carbocycles. The topological polar surface area (TPSA) is 49.5 Å². The van der Waals surface area contributed by atoms with E-state index in [0.29, 0.717) is 13.0 Å². The van der Waals surface area contributed by atoms with Gasteiger partial charge in [-0.25, -0.2) is 0 Å². The molecule has 1 unspecified atom stereocenters. The Kier molecular flexibility index (Phi) is 4.97. The third-order valence-corrected chi connectivity index (χ3v) is 3.21. The van der Waals surface area contributed by atoms with Gasteiger partial charge in [0.15, 0.2) is 0 Å². The van der Waals surface area contributed by atoms with Gasteiger partial charge in [-0.15, -0.1) is 0 Å². The van der Waals surface area contributed by atoms with Crippen molar-refractivity contribution in [3.05, 3.63) is 29.8 Å². The van der Waals surface area contributed by atoms with Crippen LogP contribution in [-0.2, 0) is 6.42 Å². The number of benzene rings is 1. The van der Waals surface area contributed by atoms with Crippen molar-refractivity contribution in [2.75, 3.05) is 25.0 Å². The normalized spacial score (nSPS) is 14.4. The van der Waals surface area contributed by atoms with Crippen molar-refractivity contribution >= 4 is 5.69 Å². The van der Waals surface area contributed by atoms with Gasteiger partial charge in [0.05, 0.1) is 5.60 Å². The zero-order valence-corrected chi connectivity index (χ0v) is 11.1. The third-order valence-electron chi connectivity index (χ3n) is 3.21. The largest absolute Gasteiger partial charge is 0.389 e. The lowest BCUT2D eigenvalue weighted by Gasteiger charge is -2.26. The van der Waals surface area contributed by atoms with Crippen molar-refractivity contribution in [1.29, 1.82) is 0 Å². The van der Waals surface area contributed by atoms with E-state index < -0.39 is 5.60 Å². The number of rotatable bonds is 6. The predicted octanol–water partition coefficient (Wildman–Crippen LogP) is 1.78. The molecule has 1 aromatic carbocycles. The minimum absolute atomic E-state index is 0.301. The van der Waals surface area contributed by atoms with Gasteiger partial charge in [-0.3, -0.25) is 0 Å². The molecule has 17 heavy (non-hydrogen) atoms. The van der Waals surface area contributed by atoms with Crippen molar-refractivity contribution in [3.8, 4) is 0 Å². The summed E-state index contributed by atoms with van der Waals surface area (Å²) in [5.74, 6) is 0. The van der Waals surface area contributed by atoms with Crippen LogP contribution in [0.15, 0.2) is 24.3 Å². The average molecular weight is 236 g/mol. The van der Waals surface area contributed by atoms with E-state index in [4.69, 9.17) is 5.73 Å². The molecule has 0 spiro atoms. The second kappa shape index (κ2) is 6.03. The fourth-order valence-electron chi connectivity index (χ4n) is 1.63. The number of anilines is 1. The number of nitrogens with two attached hydrogens (primary N) is 1. The van der Waals surface area contributed by atoms with Gasteiger partial charge in [0.25, 0.3) is 0 Å². The number of hydrogen-bond donors (Lipinski definition) is 2. The zero-order valence-electron chi connectivity index (χ0n) is 11.1. The first kappa shape index (κ1) is 14.0. The molecule has 3 heteroatoms. The Morgan fingerprint density at radius 3 is 2.35 bits per heavy atom. The minimum Gasteiger partial charge on any atom is -0.389 e. The van der Waals surface area contributed by atoms with Crippen LogP contribution in [0.4, 0.5) is 5.69 Å². The van der Waals surface area contributed by atoms with Crippen molar-refractivity contribution in [1.82, 2.24) is 0 Å². The minimum atomic E-state index is -0.766. The number of aliphatic hydroxyl groups is 1. The second-order valence-electron chi connectivity index (χ2n) is 4.89. The lowest BCUT2D eigenvalue weighted by Crippen LogP contribution is -2.37. The van der Waals surface area contributed by atoms with Crippen molar-refractivity contribution in [2.24, 2.45) is 5.73 Å². The monoisotopic (exact) mass is 236 g/mol. The molecule has 0 aliphatic rings. The molecule has 3 N–H and O–H groups in total. The van der Waals surface area contributed by atoms with Gasteiger partial charge >= 0.3 is 0 Å². The highest BCUT2D eigenvalue weighted by Gasteiger charge is 2.18. The summed E-state index contributed by atoms with van der Waals surface area (Å²) in [6.07, 6.45) is 1.74. The lowest BCUT2D eigenvalue weighted by atomic mass is 10.0. The summed E-state index contributed by atoms with van der Waals surface area (Å²) in [6, 6.07) is 8.53. The van der Waals surface area contributed by atoms with Gasteiger partial charge in [-0.05, 0) is 37.5 Å². The van der Waals surface area contributed by atoms with Crippen molar-refractivity contribution in [3.63, 3.8) is 0 Å². The molecule has 96 valence electrons. The van der Waals surface area contributed by atoms with E-state index in [0.717, 1.165) is 13.0 Å². The van der Waals surface area contributed by atoms with Crippen LogP contribution in [0.2, 0.25) is 0 Å². The van der Waals surface area contributed by atoms with Crippen LogP contribution in [0.3, 0.4) is 0 Å². The molecule has 0 aliphatic heterocycles. The Morgan fingerprint density at radius 2 is 1.88 bits per heavy atom. The second-order valence-corrected chi connectivity index (χ2v) is 4.89. The van der Waals surface area contributed by atoms with E-state index in [2.05, 4.69) is 36.1 Å². The first-order chi connectivity index (χ1) is 7.98. The molecule has 0 saturated heterocycles. The molecule has 1 rings (SSSR count). The summed E-state index contributed by atoms with van der Waals surface area (Å²) in [5, 5.41) is 9.85. The predicted molar refractivity (Wildman–Crippen MR) is 73.4 cm³/mol. The molecule has 0 aliphatic carbocycles. The lowest BCUT2D eigenvalue weighted by molar-refractivity contribution is 0.0623. The molecule has 0 bridgehead atoms. The third kappa shape index (κ3) is 4.36. The molecule has 0 heterocycles. The van der Waals surface area contributed by atoms with Gasteiger partial charge in [0.2, 0.25) is 0 Å². The molecular formula is C14H24N2O. The highest BCUT2D eigenvalue weighted by atomic mass is 16.3. The van der Waals surface area contributed by atoms with Crippen LogP contribution in [0.1, 0.15) is 25.8 Å². The van der Waals surface area contributed by atoms with Gasteiger partial charge in [0, 0.05) is 25.8 Å². The van der Waals surface area contributed by atoms with Gasteiger partial charge in [0.1, 0.15) is 0 Å². The number of aryl methyl sites for hydroxylation is 1. The van der Waals surface area contributed by atoms with Gasteiger partial charge < -0.3 is 15.7 Å². The summed E-state index contributed by atoms with van der Waals surface area (Å²) in [6.45, 7) is 5.03. The standard InChI is InChI=1S/C14H24N2O/c1-4-12-5-7-13(8-6-12)16(3)10-9-14(2,17)11-15/h5-8,17H,4,9-11,15H2,1-3H3. The van der Waals surface area contributed by atoms with Crippen LogP contribution in [-0.4, -0.2) is 30.8 Å². The van der Waals surface area contributed by atoms with E-state index in [9.17, 15) is 5.11 Å². The molecular weight excluding hydrogens is 212 g/mol. The Bertz CT molecular complexity index is 333. The highest BCUT2D eigenvalue weighted by molar-refractivity contribution is 5.46. The summed E-state index contributed by atoms with van der Waals surface area (Å²) >= 11 is 0. The van der Waals surface area contributed by atoms with E-state index in [1.54, 1.807) is 6.92 Å². The maximum atomic E-state index is 9.85. The van der Waals surface area contributed by atoms with Crippen LogP contribution in [0.5, 0.6) is 0 Å². The molecule has 1 atom stereocenters. The van der Waals surface area contributed by atoms with Crippen molar-refractivity contribution in [2.45, 2.75) is 32.3 Å². The first-order valence-electron chi connectivity index (χ1n) is 6.21. The molecule has 0 fully saturated rings. The SMILES string of the molecule is CCc1ccc(N(C)CCC(C)(O)CN)cc1. The van der Waals surface area contributed by atoms with Crippen LogP contribution < -0.4 is 10.6 Å². The van der Waals surface area contributed by atoms with Gasteiger partial charge in [-0.2, -0.15) is 0 Å². The number of hydrogen-bond acceptors (Lipinski definition) is 3. The summed E-state index contributed by atoms with van der Waals surface area (Å²) in [4.78, 5) is 2.14. The van der Waals surface area contributed by atoms with Crippen molar-refractivity contribution < 1.29 is 5.11 Å². The van der Waals surface area contributed by atoms with Crippen LogP contribution in [0, 0.1) is 0 Å². The highest BCUT2D eigenvalue weighted by Crippen LogP contribution is 2.16. The zero-order chi connectivity index (χ0) is 12.9. The van der Waals surface area contributed by atoms with Crippen LogP contribution in [0.25, 0.3) is 0 Å². The quantitative estimate of drug-likeness (QED) is 0.791. The average Bonchev–Trinajstić information content (AvgIpc) is 2.36. The smallest absolute Gasteiger partial charge is 0.0758 e. The Morgan fingerprint density at radius 1 is 1.29 bits per heavy atom. The van der Waals surface area contributed by atoms with Gasteiger partial charge in [-0.1, -0.05) is 19.1 Å². The summed E-state index contributed by atoms with van der Waals surface area (Å²) < 4.78 is 0. The Labute approximate surface area is 104 Å². The van der Waals surface area contributed by atoms with E-state index in [-0.39, 0.29) is 0 Å². The van der Waals surface area contributed by atoms with E-state index in [1.165, 1.54) is 11.3 Å². The first-order valence-corrected chi connectivity index (χ1v) is 6.21. The number of nitrogens with zero attached hydrogens (tertiary/aromatic N) is 1. The summed E-state index contributed by atoms with van der Waals surface area (Å²) in [7, 11) is 2.04. The van der Waals surface area contributed by atoms with E-state index in [1.807, 2.05) is 7.05 Å². The maximum absolute atomic E-state index is 9.85.